The summed E-state index contributed by atoms with van der Waals surface area (Å²) in [5.41, 5.74) is 0. The van der Waals surface area contributed by atoms with Gasteiger partial charge >= 0.3 is 7.60 Å². The van der Waals surface area contributed by atoms with Gasteiger partial charge in [0.25, 0.3) is 0 Å². The van der Waals surface area contributed by atoms with Crippen LogP contribution in [0.5, 0.6) is 0 Å². The summed E-state index contributed by atoms with van der Waals surface area (Å²) in [6.07, 6.45) is 7.73. The van der Waals surface area contributed by atoms with Gasteiger partial charge in [-0.25, -0.2) is 0 Å². The lowest BCUT2D eigenvalue weighted by Crippen LogP contribution is -1.98. The molecule has 0 heterocycles. The summed E-state index contributed by atoms with van der Waals surface area (Å²) in [6.45, 7) is 2.60. The third-order valence-electron chi connectivity index (χ3n) is 2.49. The first kappa shape index (κ1) is 16.1. The van der Waals surface area contributed by atoms with Crippen molar-refractivity contribution in [2.24, 2.45) is 0 Å². The molecule has 0 rings (SSSR count). The first-order valence-corrected chi connectivity index (χ1v) is 7.81. The molecule has 1 unspecified atom stereocenters. The molecule has 16 heavy (non-hydrogen) atoms. The minimum atomic E-state index is -3.19. The van der Waals surface area contributed by atoms with Crippen molar-refractivity contribution in [3.05, 3.63) is 0 Å². The zero-order valence-electron chi connectivity index (χ0n) is 10.5. The highest BCUT2D eigenvalue weighted by Gasteiger charge is 2.20. The van der Waals surface area contributed by atoms with E-state index in [2.05, 4.69) is 11.4 Å². The number of hydrogen-bond donors (Lipinski definition) is 1. The van der Waals surface area contributed by atoms with Crippen LogP contribution in [0.2, 0.25) is 0 Å². The number of aliphatic hydroxyl groups excluding tert-OH is 1. The van der Waals surface area contributed by atoms with Gasteiger partial charge in [0.15, 0.2) is 0 Å². The Kier molecular flexibility index (Phi) is 10.3. The van der Waals surface area contributed by atoms with Gasteiger partial charge in [0.2, 0.25) is 0 Å². The van der Waals surface area contributed by atoms with E-state index in [1.165, 1.54) is 39.2 Å². The van der Waals surface area contributed by atoms with E-state index in [9.17, 15) is 4.57 Å². The molecule has 0 saturated carbocycles. The van der Waals surface area contributed by atoms with Crippen molar-refractivity contribution in [2.75, 3.05) is 20.1 Å². The normalized spacial score (nSPS) is 14.9. The Hall–Kier alpha value is 0.110. The quantitative estimate of drug-likeness (QED) is 0.451. The Morgan fingerprint density at radius 1 is 1.06 bits per heavy atom. The molecule has 0 aliphatic carbocycles. The van der Waals surface area contributed by atoms with Crippen LogP contribution in [-0.4, -0.2) is 25.2 Å². The van der Waals surface area contributed by atoms with Gasteiger partial charge in [0.1, 0.15) is 6.35 Å². The van der Waals surface area contributed by atoms with E-state index in [1.807, 2.05) is 0 Å². The molecule has 5 heteroatoms. The zero-order chi connectivity index (χ0) is 12.3. The molecule has 0 saturated heterocycles. The van der Waals surface area contributed by atoms with E-state index in [0.29, 0.717) is 6.61 Å². The maximum absolute atomic E-state index is 11.4. The van der Waals surface area contributed by atoms with Crippen molar-refractivity contribution < 1.29 is 18.7 Å². The Morgan fingerprint density at radius 2 is 1.62 bits per heavy atom. The molecule has 4 nitrogen and oxygen atoms in total. The van der Waals surface area contributed by atoms with E-state index in [0.717, 1.165) is 12.8 Å². The van der Waals surface area contributed by atoms with Crippen LogP contribution in [0.4, 0.5) is 0 Å². The third kappa shape index (κ3) is 8.28. The van der Waals surface area contributed by atoms with E-state index < -0.39 is 13.9 Å². The monoisotopic (exact) mass is 252 g/mol. The van der Waals surface area contributed by atoms with Gasteiger partial charge in [0.05, 0.1) is 6.61 Å². The summed E-state index contributed by atoms with van der Waals surface area (Å²) in [7, 11) is -1.90. The van der Waals surface area contributed by atoms with E-state index in [1.54, 1.807) is 0 Å². The molecule has 98 valence electrons. The Morgan fingerprint density at radius 3 is 2.12 bits per heavy atom. The van der Waals surface area contributed by atoms with Gasteiger partial charge in [0, 0.05) is 7.11 Å². The highest BCUT2D eigenvalue weighted by atomic mass is 31.2. The van der Waals surface area contributed by atoms with E-state index in [-0.39, 0.29) is 0 Å². The molecule has 1 N–H and O–H groups in total. The van der Waals surface area contributed by atoms with Crippen LogP contribution < -0.4 is 0 Å². The molecular weight excluding hydrogens is 227 g/mol. The van der Waals surface area contributed by atoms with Gasteiger partial charge in [-0.05, 0) is 6.42 Å². The number of unbranched alkanes of at least 4 members (excludes halogenated alkanes) is 6. The molecule has 0 amide bonds. The Bertz CT molecular complexity index is 188. The predicted molar refractivity (Wildman–Crippen MR) is 65.6 cm³/mol. The van der Waals surface area contributed by atoms with Crippen LogP contribution in [0.15, 0.2) is 0 Å². The summed E-state index contributed by atoms with van der Waals surface area (Å²) in [5, 5.41) is 8.77. The number of rotatable bonds is 11. The zero-order valence-corrected chi connectivity index (χ0v) is 11.4. The fraction of sp³-hybridized carbons (Fsp3) is 1.00. The standard InChI is InChI=1S/C11H25O4P/c1-3-4-5-6-7-8-9-10-15-16(13,11-12)14-2/h12H,3-11H2,1-2H3. The van der Waals surface area contributed by atoms with Crippen molar-refractivity contribution in [1.82, 2.24) is 0 Å². The lowest BCUT2D eigenvalue weighted by atomic mass is 10.1. The van der Waals surface area contributed by atoms with Crippen molar-refractivity contribution in [2.45, 2.75) is 51.9 Å². The molecule has 0 aromatic heterocycles. The molecule has 0 bridgehead atoms. The van der Waals surface area contributed by atoms with Crippen LogP contribution >= 0.6 is 7.60 Å². The molecule has 1 atom stereocenters. The minimum absolute atomic E-state index is 0.402. The summed E-state index contributed by atoms with van der Waals surface area (Å²) in [4.78, 5) is 0. The summed E-state index contributed by atoms with van der Waals surface area (Å²) in [5.74, 6) is 0. The summed E-state index contributed by atoms with van der Waals surface area (Å²) in [6, 6.07) is 0. The second kappa shape index (κ2) is 10.3. The lowest BCUT2D eigenvalue weighted by molar-refractivity contribution is 0.199. The number of aliphatic hydroxyl groups is 1. The van der Waals surface area contributed by atoms with Crippen molar-refractivity contribution in [3.63, 3.8) is 0 Å². The molecule has 0 aromatic carbocycles. The maximum Gasteiger partial charge on any atom is 0.355 e. The first-order valence-electron chi connectivity index (χ1n) is 6.08. The molecule has 0 fully saturated rings. The van der Waals surface area contributed by atoms with Crippen molar-refractivity contribution in [3.8, 4) is 0 Å². The maximum atomic E-state index is 11.4. The third-order valence-corrected chi connectivity index (χ3v) is 3.97. The fourth-order valence-electron chi connectivity index (χ4n) is 1.41. The average molecular weight is 252 g/mol. The lowest BCUT2D eigenvalue weighted by Gasteiger charge is -2.13. The van der Waals surface area contributed by atoms with Gasteiger partial charge < -0.3 is 14.2 Å². The molecule has 0 aromatic rings. The van der Waals surface area contributed by atoms with Gasteiger partial charge in [-0.2, -0.15) is 0 Å². The van der Waals surface area contributed by atoms with Crippen LogP contribution in [0.25, 0.3) is 0 Å². The highest BCUT2D eigenvalue weighted by molar-refractivity contribution is 7.53. The second-order valence-corrected chi connectivity index (χ2v) is 6.02. The molecular formula is C11H25O4P. The van der Waals surface area contributed by atoms with E-state index in [4.69, 9.17) is 9.63 Å². The molecule has 0 aliphatic rings. The largest absolute Gasteiger partial charge is 0.384 e. The molecule has 0 aliphatic heterocycles. The molecule has 0 spiro atoms. The summed E-state index contributed by atoms with van der Waals surface area (Å²) < 4.78 is 21.1. The van der Waals surface area contributed by atoms with Gasteiger partial charge in [-0.3, -0.25) is 4.57 Å². The van der Waals surface area contributed by atoms with Gasteiger partial charge in [-0.1, -0.05) is 45.4 Å². The predicted octanol–water partition coefficient (Wildman–Crippen LogP) is 3.54. The minimum Gasteiger partial charge on any atom is -0.384 e. The van der Waals surface area contributed by atoms with Gasteiger partial charge in [-0.15, -0.1) is 0 Å². The Balaban J connectivity index is 3.29. The summed E-state index contributed by atoms with van der Waals surface area (Å²) >= 11 is 0. The number of hydrogen-bond acceptors (Lipinski definition) is 4. The van der Waals surface area contributed by atoms with E-state index >= 15 is 0 Å². The van der Waals surface area contributed by atoms with Crippen molar-refractivity contribution >= 4 is 7.60 Å². The SMILES string of the molecule is CCCCCCCCCOP(=O)(CO)OC. The fourth-order valence-corrected chi connectivity index (χ4v) is 2.12. The highest BCUT2D eigenvalue weighted by Crippen LogP contribution is 2.45. The van der Waals surface area contributed by atoms with Crippen LogP contribution in [0.3, 0.4) is 0 Å². The second-order valence-electron chi connectivity index (χ2n) is 3.89. The molecule has 0 radical (unpaired) electrons. The Labute approximate surface area is 98.9 Å². The van der Waals surface area contributed by atoms with Crippen molar-refractivity contribution in [1.29, 1.82) is 0 Å². The first-order chi connectivity index (χ1) is 7.68. The average Bonchev–Trinajstić information content (AvgIpc) is 2.32. The van der Waals surface area contributed by atoms with Crippen LogP contribution in [0.1, 0.15) is 51.9 Å². The van der Waals surface area contributed by atoms with Crippen LogP contribution in [0, 0.1) is 0 Å². The topological polar surface area (TPSA) is 55.8 Å². The van der Waals surface area contributed by atoms with Crippen LogP contribution in [-0.2, 0) is 13.6 Å². The smallest absolute Gasteiger partial charge is 0.355 e.